The lowest BCUT2D eigenvalue weighted by molar-refractivity contribution is -0.117. The Morgan fingerprint density at radius 3 is 2.56 bits per heavy atom. The minimum atomic E-state index is -0.651. The molecule has 3 rings (SSSR count). The van der Waals surface area contributed by atoms with Crippen molar-refractivity contribution in [2.24, 2.45) is 0 Å². The van der Waals surface area contributed by atoms with Crippen LogP contribution >= 0.6 is 11.3 Å². The van der Waals surface area contributed by atoms with Gasteiger partial charge in [-0.3, -0.25) is 4.79 Å². The lowest BCUT2D eigenvalue weighted by Crippen LogP contribution is -2.25. The van der Waals surface area contributed by atoms with E-state index < -0.39 is 5.76 Å². The van der Waals surface area contributed by atoms with Gasteiger partial charge in [0, 0.05) is 5.69 Å². The molecule has 1 aromatic carbocycles. The molecule has 0 aliphatic heterocycles. The minimum absolute atomic E-state index is 0.0504. The number of carbonyl (C=O) groups excluding carboxylic acids is 1. The fourth-order valence-electron chi connectivity index (χ4n) is 2.30. The van der Waals surface area contributed by atoms with Gasteiger partial charge in [-0.25, -0.2) is 4.79 Å². The second-order valence-electron chi connectivity index (χ2n) is 6.68. The lowest BCUT2D eigenvalue weighted by atomic mass is 9.87. The number of benzene rings is 1. The van der Waals surface area contributed by atoms with Gasteiger partial charge in [-0.1, -0.05) is 39.0 Å². The van der Waals surface area contributed by atoms with Crippen molar-refractivity contribution in [1.82, 2.24) is 9.78 Å². The number of hydrogen-bond acceptors (Lipinski definition) is 5. The first kappa shape index (κ1) is 17.2. The molecule has 0 fully saturated rings. The average molecular weight is 357 g/mol. The van der Waals surface area contributed by atoms with Crippen molar-refractivity contribution in [1.29, 1.82) is 0 Å². The molecule has 2 heterocycles. The van der Waals surface area contributed by atoms with Crippen LogP contribution in [-0.2, 0) is 16.8 Å². The van der Waals surface area contributed by atoms with E-state index in [1.807, 2.05) is 35.7 Å². The summed E-state index contributed by atoms with van der Waals surface area (Å²) >= 11 is 1.41. The quantitative estimate of drug-likeness (QED) is 0.775. The van der Waals surface area contributed by atoms with E-state index >= 15 is 0 Å². The van der Waals surface area contributed by atoms with Crippen LogP contribution in [0.2, 0.25) is 0 Å². The number of rotatable bonds is 4. The van der Waals surface area contributed by atoms with Crippen LogP contribution in [0, 0.1) is 0 Å². The summed E-state index contributed by atoms with van der Waals surface area (Å²) in [4.78, 5) is 24.7. The molecule has 0 saturated heterocycles. The Labute approximate surface area is 149 Å². The summed E-state index contributed by atoms with van der Waals surface area (Å²) in [5.74, 6) is -0.763. The molecule has 6 nitrogen and oxygen atoms in total. The number of anilines is 1. The van der Waals surface area contributed by atoms with E-state index in [2.05, 4.69) is 31.2 Å². The number of nitrogens with one attached hydrogen (secondary N) is 1. The zero-order valence-corrected chi connectivity index (χ0v) is 15.1. The fourth-order valence-corrected chi connectivity index (χ4v) is 2.94. The zero-order chi connectivity index (χ0) is 18.0. The van der Waals surface area contributed by atoms with Gasteiger partial charge in [0.25, 0.3) is 5.89 Å². The molecule has 0 radical (unpaired) electrons. The third kappa shape index (κ3) is 4.06. The van der Waals surface area contributed by atoms with Crippen LogP contribution in [0.1, 0.15) is 26.3 Å². The Morgan fingerprint density at radius 1 is 1.24 bits per heavy atom. The molecule has 0 aliphatic rings. The highest BCUT2D eigenvalue weighted by atomic mass is 32.1. The van der Waals surface area contributed by atoms with E-state index in [0.29, 0.717) is 5.69 Å². The Bertz CT molecular complexity index is 916. The van der Waals surface area contributed by atoms with Gasteiger partial charge < -0.3 is 9.73 Å². The number of amides is 1. The molecule has 1 N–H and O–H groups in total. The molecule has 0 unspecified atom stereocenters. The normalized spacial score (nSPS) is 11.5. The van der Waals surface area contributed by atoms with Crippen molar-refractivity contribution in [2.45, 2.75) is 32.7 Å². The Morgan fingerprint density at radius 2 is 1.96 bits per heavy atom. The number of carbonyl (C=O) groups is 1. The molecule has 3 aromatic rings. The summed E-state index contributed by atoms with van der Waals surface area (Å²) in [6.07, 6.45) is 0. The predicted molar refractivity (Wildman–Crippen MR) is 97.8 cm³/mol. The smallest absolute Gasteiger partial charge is 0.387 e. The molecule has 0 spiro atoms. The number of aromatic nitrogens is 2. The Hall–Kier alpha value is -2.67. The van der Waals surface area contributed by atoms with E-state index in [4.69, 9.17) is 4.42 Å². The Balaban J connectivity index is 1.68. The summed E-state index contributed by atoms with van der Waals surface area (Å²) in [7, 11) is 0. The van der Waals surface area contributed by atoms with Crippen molar-refractivity contribution in [3.05, 3.63) is 57.9 Å². The molecule has 1 amide bonds. The van der Waals surface area contributed by atoms with Gasteiger partial charge >= 0.3 is 5.76 Å². The summed E-state index contributed by atoms with van der Waals surface area (Å²) in [6, 6.07) is 11.3. The highest BCUT2D eigenvalue weighted by Crippen LogP contribution is 2.23. The van der Waals surface area contributed by atoms with Gasteiger partial charge in [0.15, 0.2) is 0 Å². The first-order valence-electron chi connectivity index (χ1n) is 7.85. The SMILES string of the molecule is CC(C)(C)c1ccc(NC(=O)Cn2nc(-c3cccs3)oc2=O)cc1. The van der Waals surface area contributed by atoms with Gasteiger partial charge in [0.2, 0.25) is 5.91 Å². The van der Waals surface area contributed by atoms with Gasteiger partial charge in [-0.15, -0.1) is 16.4 Å². The van der Waals surface area contributed by atoms with Crippen molar-refractivity contribution in [3.63, 3.8) is 0 Å². The lowest BCUT2D eigenvalue weighted by Gasteiger charge is -2.19. The largest absolute Gasteiger partial charge is 0.437 e. The highest BCUT2D eigenvalue weighted by molar-refractivity contribution is 7.13. The molecule has 25 heavy (non-hydrogen) atoms. The van der Waals surface area contributed by atoms with Crippen LogP contribution in [0.5, 0.6) is 0 Å². The van der Waals surface area contributed by atoms with Crippen LogP contribution in [0.15, 0.2) is 51.0 Å². The Kier molecular flexibility index (Phi) is 4.59. The average Bonchev–Trinajstić information content (AvgIpc) is 3.17. The van der Waals surface area contributed by atoms with Crippen LogP contribution in [0.25, 0.3) is 10.8 Å². The molecule has 2 aromatic heterocycles. The molecule has 0 bridgehead atoms. The van der Waals surface area contributed by atoms with Gasteiger partial charge in [0.05, 0.1) is 4.88 Å². The van der Waals surface area contributed by atoms with E-state index in [1.165, 1.54) is 16.9 Å². The van der Waals surface area contributed by atoms with Gasteiger partial charge in [-0.2, -0.15) is 4.68 Å². The molecule has 0 saturated carbocycles. The van der Waals surface area contributed by atoms with E-state index in [9.17, 15) is 9.59 Å². The van der Waals surface area contributed by atoms with Crippen molar-refractivity contribution < 1.29 is 9.21 Å². The summed E-state index contributed by atoms with van der Waals surface area (Å²) in [5, 5.41) is 8.69. The van der Waals surface area contributed by atoms with Crippen LogP contribution in [0.3, 0.4) is 0 Å². The number of thiophene rings is 1. The predicted octanol–water partition coefficient (Wildman–Crippen LogP) is 3.50. The molecular weight excluding hydrogens is 338 g/mol. The first-order chi connectivity index (χ1) is 11.8. The van der Waals surface area contributed by atoms with Crippen LogP contribution in [-0.4, -0.2) is 15.7 Å². The zero-order valence-electron chi connectivity index (χ0n) is 14.3. The topological polar surface area (TPSA) is 77.1 Å². The van der Waals surface area contributed by atoms with E-state index in [0.717, 1.165) is 9.56 Å². The monoisotopic (exact) mass is 357 g/mol. The molecule has 130 valence electrons. The second-order valence-corrected chi connectivity index (χ2v) is 7.63. The maximum Gasteiger partial charge on any atom is 0.437 e. The van der Waals surface area contributed by atoms with Crippen molar-refractivity contribution in [3.8, 4) is 10.8 Å². The number of nitrogens with zero attached hydrogens (tertiary/aromatic N) is 2. The fraction of sp³-hybridized carbons (Fsp3) is 0.278. The third-order valence-corrected chi connectivity index (χ3v) is 4.52. The highest BCUT2D eigenvalue weighted by Gasteiger charge is 2.15. The van der Waals surface area contributed by atoms with Crippen LogP contribution < -0.4 is 11.1 Å². The van der Waals surface area contributed by atoms with Gasteiger partial charge in [0.1, 0.15) is 6.54 Å². The van der Waals surface area contributed by atoms with Crippen molar-refractivity contribution in [2.75, 3.05) is 5.32 Å². The maximum absolute atomic E-state index is 12.2. The molecule has 0 atom stereocenters. The molecule has 7 heteroatoms. The summed E-state index contributed by atoms with van der Waals surface area (Å²) in [5.41, 5.74) is 1.90. The van der Waals surface area contributed by atoms with E-state index in [1.54, 1.807) is 6.07 Å². The first-order valence-corrected chi connectivity index (χ1v) is 8.73. The molecule has 0 aliphatic carbocycles. The summed E-state index contributed by atoms with van der Waals surface area (Å²) < 4.78 is 6.11. The van der Waals surface area contributed by atoms with Crippen LogP contribution in [0.4, 0.5) is 5.69 Å². The number of hydrogen-bond donors (Lipinski definition) is 1. The standard InChI is InChI=1S/C18H19N3O3S/c1-18(2,3)12-6-8-13(9-7-12)19-15(22)11-21-17(23)24-16(20-21)14-5-4-10-25-14/h4-10H,11H2,1-3H3,(H,19,22). The van der Waals surface area contributed by atoms with Gasteiger partial charge in [-0.05, 0) is 34.6 Å². The molecular formula is C18H19N3O3S. The third-order valence-electron chi connectivity index (χ3n) is 3.67. The van der Waals surface area contributed by atoms with Crippen molar-refractivity contribution >= 4 is 22.9 Å². The second kappa shape index (κ2) is 6.68. The summed E-state index contributed by atoms with van der Waals surface area (Å²) in [6.45, 7) is 6.18. The maximum atomic E-state index is 12.2. The minimum Gasteiger partial charge on any atom is -0.387 e. The van der Waals surface area contributed by atoms with E-state index in [-0.39, 0.29) is 23.8 Å².